The monoisotopic (exact) mass is 405 g/mol. The van der Waals surface area contributed by atoms with Gasteiger partial charge in [0.25, 0.3) is 15.7 Å². The second-order valence-electron chi connectivity index (χ2n) is 6.87. The summed E-state index contributed by atoms with van der Waals surface area (Å²) in [6.07, 6.45) is 0.808. The lowest BCUT2D eigenvalue weighted by atomic mass is 9.95. The second kappa shape index (κ2) is 8.15. The number of methoxy groups -OCH3 is 1. The number of nitrogens with zero attached hydrogens (tertiary/aromatic N) is 2. The van der Waals surface area contributed by atoms with Crippen LogP contribution in [0.25, 0.3) is 0 Å². The molecule has 0 radical (unpaired) electrons. The zero-order valence-electron chi connectivity index (χ0n) is 15.7. The largest absolute Gasteiger partial charge is 0.379 e. The van der Waals surface area contributed by atoms with E-state index < -0.39 is 14.9 Å². The summed E-state index contributed by atoms with van der Waals surface area (Å²) in [4.78, 5) is 12.8. The molecule has 0 spiro atoms. The number of piperidine rings is 1. The number of hydrogen-bond donors (Lipinski definition) is 1. The van der Waals surface area contributed by atoms with Crippen molar-refractivity contribution in [1.29, 1.82) is 0 Å². The van der Waals surface area contributed by atoms with Crippen LogP contribution in [-0.4, -0.2) is 39.6 Å². The quantitative estimate of drug-likeness (QED) is 0.585. The summed E-state index contributed by atoms with van der Waals surface area (Å²) in [6, 6.07) is 12.4. The minimum Gasteiger partial charge on any atom is -0.379 e. The number of ether oxygens (including phenoxy) is 1. The van der Waals surface area contributed by atoms with Crippen LogP contribution in [0.15, 0.2) is 53.4 Å². The first-order valence-corrected chi connectivity index (χ1v) is 10.4. The minimum absolute atomic E-state index is 0.0310. The van der Waals surface area contributed by atoms with Gasteiger partial charge in [0.15, 0.2) is 0 Å². The Kier molecular flexibility index (Phi) is 5.85. The summed E-state index contributed by atoms with van der Waals surface area (Å²) in [6.45, 7) is 3.26. The van der Waals surface area contributed by atoms with E-state index in [2.05, 4.69) is 11.6 Å². The molecule has 1 fully saturated rings. The van der Waals surface area contributed by atoms with Gasteiger partial charge in [-0.15, -0.1) is 0 Å². The molecule has 0 saturated carbocycles. The van der Waals surface area contributed by atoms with E-state index in [1.54, 1.807) is 37.4 Å². The molecule has 3 rings (SSSR count). The summed E-state index contributed by atoms with van der Waals surface area (Å²) < 4.78 is 33.2. The highest BCUT2D eigenvalue weighted by Crippen LogP contribution is 2.34. The zero-order valence-corrected chi connectivity index (χ0v) is 16.6. The Morgan fingerprint density at radius 3 is 2.57 bits per heavy atom. The van der Waals surface area contributed by atoms with Crippen molar-refractivity contribution in [3.8, 4) is 0 Å². The molecule has 2 aromatic carbocycles. The Labute approximate surface area is 164 Å². The van der Waals surface area contributed by atoms with Crippen molar-refractivity contribution in [3.63, 3.8) is 0 Å². The molecule has 28 heavy (non-hydrogen) atoms. The normalized spacial score (nSPS) is 20.0. The predicted octanol–water partition coefficient (Wildman–Crippen LogP) is 3.26. The Balaban J connectivity index is 1.92. The molecular formula is C19H23N3O5S. The maximum atomic E-state index is 12.6. The lowest BCUT2D eigenvalue weighted by molar-refractivity contribution is -0.384. The maximum Gasteiger partial charge on any atom is 0.293 e. The van der Waals surface area contributed by atoms with Gasteiger partial charge in [-0.1, -0.05) is 25.1 Å². The van der Waals surface area contributed by atoms with Crippen molar-refractivity contribution >= 4 is 27.1 Å². The number of benzene rings is 2. The smallest absolute Gasteiger partial charge is 0.293 e. The van der Waals surface area contributed by atoms with Crippen molar-refractivity contribution in [2.24, 2.45) is 5.92 Å². The fraction of sp³-hybridized carbons (Fsp3) is 0.368. The Bertz CT molecular complexity index is 949. The fourth-order valence-corrected chi connectivity index (χ4v) is 4.44. The fourth-order valence-electron chi connectivity index (χ4n) is 3.36. The molecule has 2 unspecified atom stereocenters. The van der Waals surface area contributed by atoms with Crippen LogP contribution in [-0.2, 0) is 14.8 Å². The molecule has 0 amide bonds. The topological polar surface area (TPSA) is 102 Å². The van der Waals surface area contributed by atoms with Crippen LogP contribution >= 0.6 is 0 Å². The van der Waals surface area contributed by atoms with E-state index in [0.29, 0.717) is 30.4 Å². The zero-order chi connectivity index (χ0) is 20.3. The van der Waals surface area contributed by atoms with E-state index in [0.717, 1.165) is 12.5 Å². The summed E-state index contributed by atoms with van der Waals surface area (Å²) >= 11 is 0. The Hall–Kier alpha value is -2.65. The number of nitro groups is 1. The second-order valence-corrected chi connectivity index (χ2v) is 8.55. The molecule has 1 aliphatic rings. The van der Waals surface area contributed by atoms with Crippen molar-refractivity contribution in [3.05, 3.63) is 58.6 Å². The lowest BCUT2D eigenvalue weighted by Crippen LogP contribution is -2.44. The van der Waals surface area contributed by atoms with Gasteiger partial charge in [-0.3, -0.25) is 14.8 Å². The number of nitrogens with one attached hydrogen (secondary N) is 1. The van der Waals surface area contributed by atoms with Crippen LogP contribution < -0.4 is 9.62 Å². The highest BCUT2D eigenvalue weighted by Gasteiger charge is 2.31. The summed E-state index contributed by atoms with van der Waals surface area (Å²) in [5.41, 5.74) is 0.556. The first kappa shape index (κ1) is 20.1. The van der Waals surface area contributed by atoms with Crippen LogP contribution in [0, 0.1) is 16.0 Å². The molecule has 1 saturated heterocycles. The van der Waals surface area contributed by atoms with Gasteiger partial charge in [-0.05, 0) is 36.6 Å². The van der Waals surface area contributed by atoms with Crippen LogP contribution in [0.3, 0.4) is 0 Å². The van der Waals surface area contributed by atoms with Crippen LogP contribution in [0.4, 0.5) is 17.1 Å². The summed E-state index contributed by atoms with van der Waals surface area (Å²) in [7, 11) is -2.31. The molecule has 2 atom stereocenters. The van der Waals surface area contributed by atoms with E-state index >= 15 is 0 Å². The van der Waals surface area contributed by atoms with E-state index in [4.69, 9.17) is 4.74 Å². The number of rotatable bonds is 6. The van der Waals surface area contributed by atoms with Crippen LogP contribution in [0.2, 0.25) is 0 Å². The highest BCUT2D eigenvalue weighted by molar-refractivity contribution is 7.92. The van der Waals surface area contributed by atoms with Crippen molar-refractivity contribution in [2.45, 2.75) is 24.3 Å². The standard InChI is InChI=1S/C19H23N3O5S/c1-14-10-11-21(13-19(14)27-2)17-9-8-16(12-18(17)22(23)24)28(25,26)20-15-6-4-3-5-7-15/h3-9,12,14,19-20H,10-11,13H2,1-2H3. The predicted molar refractivity (Wildman–Crippen MR) is 107 cm³/mol. The Morgan fingerprint density at radius 2 is 1.93 bits per heavy atom. The first-order valence-electron chi connectivity index (χ1n) is 8.96. The van der Waals surface area contributed by atoms with Gasteiger partial charge in [0, 0.05) is 32.0 Å². The number of nitro benzene ring substituents is 1. The average molecular weight is 405 g/mol. The number of sulfonamides is 1. The number of para-hydroxylation sites is 1. The van der Waals surface area contributed by atoms with Crippen molar-refractivity contribution < 1.29 is 18.1 Å². The van der Waals surface area contributed by atoms with Gasteiger partial charge in [0.2, 0.25) is 0 Å². The minimum atomic E-state index is -3.94. The first-order chi connectivity index (χ1) is 13.3. The summed E-state index contributed by atoms with van der Waals surface area (Å²) in [5, 5.41) is 11.6. The molecule has 2 aromatic rings. The number of anilines is 2. The summed E-state index contributed by atoms with van der Waals surface area (Å²) in [5.74, 6) is 0.357. The molecule has 1 heterocycles. The third kappa shape index (κ3) is 4.26. The van der Waals surface area contributed by atoms with Gasteiger partial charge in [-0.2, -0.15) is 0 Å². The number of hydrogen-bond acceptors (Lipinski definition) is 6. The SMILES string of the molecule is COC1CN(c2ccc(S(=O)(=O)Nc3ccccc3)cc2[N+](=O)[O-])CCC1C. The van der Waals surface area contributed by atoms with Crippen LogP contribution in [0.5, 0.6) is 0 Å². The Morgan fingerprint density at radius 1 is 1.21 bits per heavy atom. The van der Waals surface area contributed by atoms with Crippen molar-refractivity contribution in [1.82, 2.24) is 0 Å². The molecule has 1 aliphatic heterocycles. The van der Waals surface area contributed by atoms with Gasteiger partial charge in [0.05, 0.1) is 15.9 Å². The molecule has 0 aliphatic carbocycles. The highest BCUT2D eigenvalue weighted by atomic mass is 32.2. The molecule has 0 aromatic heterocycles. The molecule has 0 bridgehead atoms. The van der Waals surface area contributed by atoms with Gasteiger partial charge in [0.1, 0.15) is 5.69 Å². The van der Waals surface area contributed by atoms with Gasteiger partial charge >= 0.3 is 0 Å². The third-order valence-corrected chi connectivity index (χ3v) is 6.39. The van der Waals surface area contributed by atoms with Crippen LogP contribution in [0.1, 0.15) is 13.3 Å². The molecule has 9 heteroatoms. The van der Waals surface area contributed by atoms with E-state index in [1.807, 2.05) is 4.90 Å². The van der Waals surface area contributed by atoms with Gasteiger partial charge < -0.3 is 9.64 Å². The van der Waals surface area contributed by atoms with Crippen molar-refractivity contribution in [2.75, 3.05) is 29.8 Å². The molecule has 8 nitrogen and oxygen atoms in total. The van der Waals surface area contributed by atoms with E-state index in [1.165, 1.54) is 12.1 Å². The van der Waals surface area contributed by atoms with Gasteiger partial charge in [-0.25, -0.2) is 8.42 Å². The van der Waals surface area contributed by atoms with E-state index in [9.17, 15) is 18.5 Å². The molecule has 1 N–H and O–H groups in total. The molecular weight excluding hydrogens is 382 g/mol. The third-order valence-electron chi connectivity index (χ3n) is 5.01. The lowest BCUT2D eigenvalue weighted by Gasteiger charge is -2.37. The molecule has 150 valence electrons. The van der Waals surface area contributed by atoms with E-state index in [-0.39, 0.29) is 16.7 Å². The maximum absolute atomic E-state index is 12.6. The average Bonchev–Trinajstić information content (AvgIpc) is 2.68.